The van der Waals surface area contributed by atoms with Crippen LogP contribution in [0.3, 0.4) is 0 Å². The first-order chi connectivity index (χ1) is 31.5. The first-order valence-corrected chi connectivity index (χ1v) is 27.0. The van der Waals surface area contributed by atoms with Crippen LogP contribution in [0, 0.1) is 0 Å². The highest BCUT2D eigenvalue weighted by Crippen LogP contribution is 2.16. The Morgan fingerprint density at radius 1 is 0.344 bits per heavy atom. The Bertz CT molecular complexity index is 1210. The lowest BCUT2D eigenvalue weighted by Gasteiger charge is -2.18. The minimum absolute atomic E-state index is 0.0858. The van der Waals surface area contributed by atoms with Gasteiger partial charge in [-0.15, -0.1) is 0 Å². The van der Waals surface area contributed by atoms with Gasteiger partial charge in [0.05, 0.1) is 0 Å². The Kier molecular flexibility index (Phi) is 49.9. The molecule has 0 fully saturated rings. The number of carbonyl (C=O) groups excluding carboxylic acids is 3. The van der Waals surface area contributed by atoms with E-state index in [-0.39, 0.29) is 31.1 Å². The highest BCUT2D eigenvalue weighted by Gasteiger charge is 2.19. The molecular weight excluding hydrogens is 793 g/mol. The lowest BCUT2D eigenvalue weighted by Crippen LogP contribution is -2.30. The van der Waals surface area contributed by atoms with E-state index in [0.717, 1.165) is 116 Å². The zero-order valence-electron chi connectivity index (χ0n) is 42.0. The number of allylic oxidation sites excluding steroid dienone is 12. The number of carbonyl (C=O) groups is 3. The largest absolute Gasteiger partial charge is 0.462 e. The third kappa shape index (κ3) is 49.9. The Labute approximate surface area is 395 Å². The molecule has 0 radical (unpaired) electrons. The molecule has 6 heteroatoms. The molecule has 0 spiro atoms. The summed E-state index contributed by atoms with van der Waals surface area (Å²) in [5.41, 5.74) is 0. The third-order valence-corrected chi connectivity index (χ3v) is 11.5. The predicted molar refractivity (Wildman–Crippen MR) is 274 cm³/mol. The molecule has 0 saturated heterocycles. The number of ether oxygens (including phenoxy) is 3. The molecule has 0 saturated carbocycles. The molecule has 0 aromatic heterocycles. The second-order valence-electron chi connectivity index (χ2n) is 17.8. The van der Waals surface area contributed by atoms with Gasteiger partial charge >= 0.3 is 17.9 Å². The van der Waals surface area contributed by atoms with E-state index < -0.39 is 6.10 Å². The minimum Gasteiger partial charge on any atom is -0.462 e. The van der Waals surface area contributed by atoms with Crippen LogP contribution in [0.25, 0.3) is 0 Å². The Balaban J connectivity index is 4.39. The molecule has 0 N–H and O–H groups in total. The zero-order chi connectivity index (χ0) is 46.5. The van der Waals surface area contributed by atoms with Gasteiger partial charge in [0.1, 0.15) is 13.2 Å². The van der Waals surface area contributed by atoms with Crippen LogP contribution < -0.4 is 0 Å². The van der Waals surface area contributed by atoms with Crippen LogP contribution in [-0.4, -0.2) is 37.2 Å². The quantitative estimate of drug-likeness (QED) is 0.0199. The number of hydrogen-bond donors (Lipinski definition) is 0. The first-order valence-electron chi connectivity index (χ1n) is 27.0. The van der Waals surface area contributed by atoms with Gasteiger partial charge in [0.15, 0.2) is 6.10 Å². The van der Waals surface area contributed by atoms with Gasteiger partial charge in [0.25, 0.3) is 0 Å². The van der Waals surface area contributed by atoms with Crippen molar-refractivity contribution in [2.75, 3.05) is 13.2 Å². The van der Waals surface area contributed by atoms with Crippen molar-refractivity contribution in [2.24, 2.45) is 0 Å². The molecule has 0 aliphatic heterocycles. The molecule has 0 amide bonds. The molecule has 0 aliphatic carbocycles. The Hall–Kier alpha value is -3.15. The van der Waals surface area contributed by atoms with E-state index in [2.05, 4.69) is 93.7 Å². The molecule has 1 unspecified atom stereocenters. The van der Waals surface area contributed by atoms with Gasteiger partial charge in [0.2, 0.25) is 0 Å². The van der Waals surface area contributed by atoms with E-state index in [9.17, 15) is 14.4 Å². The summed E-state index contributed by atoms with van der Waals surface area (Å²) in [6.45, 7) is 6.38. The lowest BCUT2D eigenvalue weighted by molar-refractivity contribution is -0.167. The van der Waals surface area contributed by atoms with Gasteiger partial charge in [-0.1, -0.05) is 241 Å². The Morgan fingerprint density at radius 2 is 0.688 bits per heavy atom. The highest BCUT2D eigenvalue weighted by atomic mass is 16.6. The summed E-state index contributed by atoms with van der Waals surface area (Å²) in [7, 11) is 0. The third-order valence-electron chi connectivity index (χ3n) is 11.5. The van der Waals surface area contributed by atoms with Crippen molar-refractivity contribution in [1.82, 2.24) is 0 Å². The van der Waals surface area contributed by atoms with Gasteiger partial charge in [-0.2, -0.15) is 0 Å². The topological polar surface area (TPSA) is 78.9 Å². The van der Waals surface area contributed by atoms with Gasteiger partial charge in [0, 0.05) is 19.3 Å². The van der Waals surface area contributed by atoms with E-state index in [1.54, 1.807) is 0 Å². The summed E-state index contributed by atoms with van der Waals surface area (Å²) in [6, 6.07) is 0. The van der Waals surface area contributed by atoms with Gasteiger partial charge in [-0.3, -0.25) is 14.4 Å². The maximum atomic E-state index is 12.8. The van der Waals surface area contributed by atoms with Crippen molar-refractivity contribution < 1.29 is 28.6 Å². The van der Waals surface area contributed by atoms with Crippen molar-refractivity contribution in [3.05, 3.63) is 72.9 Å². The second kappa shape index (κ2) is 52.5. The molecule has 368 valence electrons. The molecule has 0 heterocycles. The smallest absolute Gasteiger partial charge is 0.306 e. The van der Waals surface area contributed by atoms with Crippen molar-refractivity contribution in [3.63, 3.8) is 0 Å². The van der Waals surface area contributed by atoms with E-state index in [1.165, 1.54) is 103 Å². The molecule has 0 aromatic carbocycles. The Morgan fingerprint density at radius 3 is 1.12 bits per heavy atom. The van der Waals surface area contributed by atoms with E-state index in [1.807, 2.05) is 0 Å². The fourth-order valence-corrected chi connectivity index (χ4v) is 7.52. The summed E-state index contributed by atoms with van der Waals surface area (Å²) in [5, 5.41) is 0. The molecule has 1 atom stereocenters. The molecule has 64 heavy (non-hydrogen) atoms. The standard InChI is InChI=1S/C58H100O6/c1-4-7-10-13-16-19-22-25-27-29-31-33-36-39-42-45-48-51-57(60)63-54-55(53-62-56(59)50-47-44-41-38-35-32-24-21-18-15-12-9-6-3)64-58(61)52-49-46-43-40-37-34-30-28-26-23-20-17-14-11-8-5-2/h8-9,11-12,15,17-18,20-21,24,26,28,55H,4-7,10,13-14,16,19,22-23,25,27,29-54H2,1-3H3/b11-8-,12-9-,18-15-,20-17-,24-21-,28-26-. The van der Waals surface area contributed by atoms with Crippen LogP contribution in [0.2, 0.25) is 0 Å². The van der Waals surface area contributed by atoms with Crippen molar-refractivity contribution in [1.29, 1.82) is 0 Å². The average molecular weight is 893 g/mol. The van der Waals surface area contributed by atoms with E-state index in [4.69, 9.17) is 14.2 Å². The predicted octanol–water partition coefficient (Wildman–Crippen LogP) is 17.8. The first kappa shape index (κ1) is 60.9. The zero-order valence-corrected chi connectivity index (χ0v) is 42.0. The van der Waals surface area contributed by atoms with Crippen LogP contribution in [0.15, 0.2) is 72.9 Å². The highest BCUT2D eigenvalue weighted by molar-refractivity contribution is 5.71. The van der Waals surface area contributed by atoms with Crippen LogP contribution in [0.1, 0.15) is 258 Å². The number of unbranched alkanes of at least 4 members (excludes halogenated alkanes) is 27. The van der Waals surface area contributed by atoms with Crippen molar-refractivity contribution in [2.45, 2.75) is 264 Å². The fourth-order valence-electron chi connectivity index (χ4n) is 7.52. The van der Waals surface area contributed by atoms with Crippen molar-refractivity contribution >= 4 is 17.9 Å². The van der Waals surface area contributed by atoms with Crippen molar-refractivity contribution in [3.8, 4) is 0 Å². The molecular formula is C58H100O6. The maximum Gasteiger partial charge on any atom is 0.306 e. The molecule has 0 bridgehead atoms. The van der Waals surface area contributed by atoms with E-state index in [0.29, 0.717) is 19.3 Å². The normalized spacial score (nSPS) is 12.6. The van der Waals surface area contributed by atoms with Gasteiger partial charge in [-0.05, 0) is 70.6 Å². The summed E-state index contributed by atoms with van der Waals surface area (Å²) >= 11 is 0. The second-order valence-corrected chi connectivity index (χ2v) is 17.8. The van der Waals surface area contributed by atoms with Crippen LogP contribution >= 0.6 is 0 Å². The minimum atomic E-state index is -0.789. The number of hydrogen-bond acceptors (Lipinski definition) is 6. The molecule has 0 rings (SSSR count). The number of esters is 3. The van der Waals surface area contributed by atoms with Gasteiger partial charge in [-0.25, -0.2) is 0 Å². The van der Waals surface area contributed by atoms with Gasteiger partial charge < -0.3 is 14.2 Å². The monoisotopic (exact) mass is 893 g/mol. The van der Waals surface area contributed by atoms with Crippen LogP contribution in [0.5, 0.6) is 0 Å². The lowest BCUT2D eigenvalue weighted by atomic mass is 10.0. The van der Waals surface area contributed by atoms with E-state index >= 15 is 0 Å². The molecule has 6 nitrogen and oxygen atoms in total. The average Bonchev–Trinajstić information content (AvgIpc) is 3.29. The summed E-state index contributed by atoms with van der Waals surface area (Å²) in [5.74, 6) is -0.914. The summed E-state index contributed by atoms with van der Waals surface area (Å²) in [6.07, 6.45) is 66.0. The fraction of sp³-hybridized carbons (Fsp3) is 0.741. The number of rotatable bonds is 48. The van der Waals surface area contributed by atoms with Crippen LogP contribution in [0.4, 0.5) is 0 Å². The maximum absolute atomic E-state index is 12.8. The summed E-state index contributed by atoms with van der Waals surface area (Å²) in [4.78, 5) is 38.0. The summed E-state index contributed by atoms with van der Waals surface area (Å²) < 4.78 is 16.8. The molecule has 0 aliphatic rings. The molecule has 0 aromatic rings. The van der Waals surface area contributed by atoms with Crippen LogP contribution in [-0.2, 0) is 28.6 Å². The SMILES string of the molecule is CC\C=C/C=C\C=C/CCCCCCCC(=O)OCC(COC(=O)CCCCCCCCCCCCCCCCCCC)OC(=O)CCCCCCCC/C=C\C/C=C\C/C=C\CC.